The fraction of sp³-hybridized carbons (Fsp3) is 0.400. The summed E-state index contributed by atoms with van der Waals surface area (Å²) in [5, 5.41) is 1.25. The summed E-state index contributed by atoms with van der Waals surface area (Å²) in [5.74, 6) is 0. The summed E-state index contributed by atoms with van der Waals surface area (Å²) in [5.41, 5.74) is -0.832. The Bertz CT molecular complexity index is 251. The van der Waals surface area contributed by atoms with Gasteiger partial charge in [0.2, 0.25) is 0 Å². The largest absolute Gasteiger partial charge is 0.335 e. The monoisotopic (exact) mass is 212 g/mol. The van der Waals surface area contributed by atoms with Crippen LogP contribution in [-0.4, -0.2) is 36.4 Å². The lowest BCUT2D eigenvalue weighted by Gasteiger charge is -2.28. The summed E-state index contributed by atoms with van der Waals surface area (Å²) in [6.45, 7) is 0. The number of hydrogen-bond acceptors (Lipinski definition) is 3. The molecule has 0 aliphatic carbocycles. The molecule has 3 nitrogen and oxygen atoms in total. The van der Waals surface area contributed by atoms with Gasteiger partial charge in [-0.1, -0.05) is 35.5 Å². The first kappa shape index (κ1) is 11.4. The summed E-state index contributed by atoms with van der Waals surface area (Å²) in [6.07, 6.45) is 0. The average molecular weight is 212 g/mol. The van der Waals surface area contributed by atoms with Crippen molar-refractivity contribution < 1.29 is 14.2 Å². The van der Waals surface area contributed by atoms with Crippen LogP contribution >= 0.6 is 0 Å². The molecule has 1 aromatic rings. The Kier molecular flexibility index (Phi) is 4.28. The molecular formula is C10H16O3Si. The molecule has 0 bridgehead atoms. The first-order valence-electron chi connectivity index (χ1n) is 4.45. The second-order valence-electron chi connectivity index (χ2n) is 2.96. The van der Waals surface area contributed by atoms with Crippen LogP contribution < -0.4 is 5.19 Å². The summed E-state index contributed by atoms with van der Waals surface area (Å²) < 4.78 is 15.8. The Labute approximate surface area is 86.8 Å². The van der Waals surface area contributed by atoms with Crippen LogP contribution in [-0.2, 0) is 14.2 Å². The lowest BCUT2D eigenvalue weighted by molar-refractivity contribution is -0.293. The van der Waals surface area contributed by atoms with Crippen molar-refractivity contribution in [2.45, 2.75) is 5.60 Å². The molecule has 0 saturated carbocycles. The Hall–Kier alpha value is -0.683. The van der Waals surface area contributed by atoms with E-state index in [0.717, 1.165) is 0 Å². The highest BCUT2D eigenvalue weighted by atomic mass is 28.2. The van der Waals surface area contributed by atoms with Gasteiger partial charge in [-0.15, -0.1) is 0 Å². The molecule has 0 radical (unpaired) electrons. The van der Waals surface area contributed by atoms with Crippen LogP contribution in [0.4, 0.5) is 0 Å². The minimum absolute atomic E-state index is 0.771. The fourth-order valence-electron chi connectivity index (χ4n) is 1.31. The molecule has 0 unspecified atom stereocenters. The molecular weight excluding hydrogens is 196 g/mol. The molecule has 1 aromatic carbocycles. The van der Waals surface area contributed by atoms with Crippen LogP contribution in [0, 0.1) is 0 Å². The molecule has 0 amide bonds. The SMILES string of the molecule is COC(OC)(OC)[SiH2]c1ccccc1. The van der Waals surface area contributed by atoms with E-state index in [4.69, 9.17) is 14.2 Å². The molecule has 4 heteroatoms. The van der Waals surface area contributed by atoms with Crippen molar-refractivity contribution in [3.8, 4) is 0 Å². The van der Waals surface area contributed by atoms with Gasteiger partial charge in [-0.25, -0.2) is 0 Å². The van der Waals surface area contributed by atoms with Crippen molar-refractivity contribution in [1.82, 2.24) is 0 Å². The maximum absolute atomic E-state index is 5.26. The van der Waals surface area contributed by atoms with E-state index in [1.54, 1.807) is 21.3 Å². The minimum atomic E-state index is -0.832. The highest BCUT2D eigenvalue weighted by molar-refractivity contribution is 6.55. The molecule has 0 aliphatic heterocycles. The topological polar surface area (TPSA) is 27.7 Å². The number of ether oxygens (including phenoxy) is 3. The van der Waals surface area contributed by atoms with Gasteiger partial charge in [0.1, 0.15) is 0 Å². The first-order valence-corrected chi connectivity index (χ1v) is 5.87. The normalized spacial score (nSPS) is 12.5. The first-order chi connectivity index (χ1) is 6.76. The molecule has 0 aliphatic rings. The molecule has 0 fully saturated rings. The van der Waals surface area contributed by atoms with E-state index in [-0.39, 0.29) is 0 Å². The number of methoxy groups -OCH3 is 3. The zero-order valence-corrected chi connectivity index (χ0v) is 10.2. The van der Waals surface area contributed by atoms with Crippen molar-refractivity contribution in [2.75, 3.05) is 21.3 Å². The molecule has 78 valence electrons. The molecule has 0 aromatic heterocycles. The van der Waals surface area contributed by atoms with Gasteiger partial charge >= 0.3 is 0 Å². The Morgan fingerprint density at radius 1 is 0.929 bits per heavy atom. The smallest absolute Gasteiger partial charge is 0.253 e. The number of benzene rings is 1. The van der Waals surface area contributed by atoms with E-state index in [2.05, 4.69) is 12.1 Å². The van der Waals surface area contributed by atoms with Crippen molar-refractivity contribution in [3.63, 3.8) is 0 Å². The Morgan fingerprint density at radius 2 is 1.43 bits per heavy atom. The van der Waals surface area contributed by atoms with Gasteiger partial charge < -0.3 is 14.2 Å². The Balaban J connectivity index is 2.74. The van der Waals surface area contributed by atoms with Crippen LogP contribution in [0.3, 0.4) is 0 Å². The number of hydrogen-bond donors (Lipinski definition) is 0. The zero-order valence-electron chi connectivity index (χ0n) is 8.82. The van der Waals surface area contributed by atoms with Crippen LogP contribution in [0.5, 0.6) is 0 Å². The highest BCUT2D eigenvalue weighted by Gasteiger charge is 2.29. The Morgan fingerprint density at radius 3 is 1.86 bits per heavy atom. The van der Waals surface area contributed by atoms with Gasteiger partial charge in [-0.3, -0.25) is 0 Å². The van der Waals surface area contributed by atoms with E-state index in [1.807, 2.05) is 18.2 Å². The third kappa shape index (κ3) is 2.65. The fourth-order valence-corrected chi connectivity index (χ4v) is 2.75. The predicted octanol–water partition coefficient (Wildman–Crippen LogP) is 0.0312. The van der Waals surface area contributed by atoms with Gasteiger partial charge in [0, 0.05) is 21.3 Å². The van der Waals surface area contributed by atoms with E-state index in [1.165, 1.54) is 5.19 Å². The van der Waals surface area contributed by atoms with E-state index < -0.39 is 15.1 Å². The van der Waals surface area contributed by atoms with Crippen LogP contribution in [0.2, 0.25) is 0 Å². The van der Waals surface area contributed by atoms with E-state index >= 15 is 0 Å². The van der Waals surface area contributed by atoms with Crippen molar-refractivity contribution in [2.24, 2.45) is 0 Å². The van der Waals surface area contributed by atoms with Crippen LogP contribution in [0.15, 0.2) is 30.3 Å². The van der Waals surface area contributed by atoms with Crippen LogP contribution in [0.25, 0.3) is 0 Å². The zero-order chi connectivity index (χ0) is 10.4. The molecule has 14 heavy (non-hydrogen) atoms. The third-order valence-electron chi connectivity index (χ3n) is 2.20. The van der Waals surface area contributed by atoms with Gasteiger partial charge in [0.05, 0.1) is 0 Å². The summed E-state index contributed by atoms with van der Waals surface area (Å²) >= 11 is 0. The summed E-state index contributed by atoms with van der Waals surface area (Å²) in [7, 11) is 4.03. The van der Waals surface area contributed by atoms with Gasteiger partial charge in [-0.05, 0) is 0 Å². The standard InChI is InChI=1S/C10H16O3Si/c1-11-10(12-2,13-3)14-9-7-5-4-6-8-9/h4-8H,14H2,1-3H3. The second-order valence-corrected chi connectivity index (χ2v) is 4.99. The van der Waals surface area contributed by atoms with Crippen LogP contribution in [0.1, 0.15) is 0 Å². The second kappa shape index (κ2) is 5.26. The average Bonchev–Trinajstić information content (AvgIpc) is 2.28. The van der Waals surface area contributed by atoms with E-state index in [0.29, 0.717) is 0 Å². The minimum Gasteiger partial charge on any atom is -0.335 e. The van der Waals surface area contributed by atoms with Crippen molar-refractivity contribution >= 4 is 14.7 Å². The van der Waals surface area contributed by atoms with E-state index in [9.17, 15) is 0 Å². The maximum Gasteiger partial charge on any atom is 0.253 e. The third-order valence-corrected chi connectivity index (χ3v) is 4.38. The predicted molar refractivity (Wildman–Crippen MR) is 58.4 cm³/mol. The molecule has 0 heterocycles. The molecule has 0 N–H and O–H groups in total. The number of rotatable bonds is 5. The van der Waals surface area contributed by atoms with Gasteiger partial charge in [0.15, 0.2) is 9.52 Å². The summed E-state index contributed by atoms with van der Waals surface area (Å²) in [4.78, 5) is 0. The highest BCUT2D eigenvalue weighted by Crippen LogP contribution is 2.09. The quantitative estimate of drug-likeness (QED) is 0.509. The van der Waals surface area contributed by atoms with Crippen molar-refractivity contribution in [1.29, 1.82) is 0 Å². The maximum atomic E-state index is 5.26. The molecule has 0 saturated heterocycles. The van der Waals surface area contributed by atoms with Gasteiger partial charge in [0.25, 0.3) is 5.60 Å². The lowest BCUT2D eigenvalue weighted by atomic mass is 10.4. The van der Waals surface area contributed by atoms with Crippen molar-refractivity contribution in [3.05, 3.63) is 30.3 Å². The lowest BCUT2D eigenvalue weighted by Crippen LogP contribution is -2.47. The summed E-state index contributed by atoms with van der Waals surface area (Å²) in [6, 6.07) is 10.1. The molecule has 1 rings (SSSR count). The molecule has 0 atom stereocenters. The van der Waals surface area contributed by atoms with Gasteiger partial charge in [-0.2, -0.15) is 0 Å². The molecule has 0 spiro atoms.